The number of likely N-dealkylation sites (tertiary alicyclic amines) is 1. The highest BCUT2D eigenvalue weighted by Gasteiger charge is 2.24. The molecule has 102 valence electrons. The van der Waals surface area contributed by atoms with E-state index in [1.807, 2.05) is 0 Å². The van der Waals surface area contributed by atoms with E-state index in [-0.39, 0.29) is 0 Å². The Hall–Kier alpha value is -0.0800. The van der Waals surface area contributed by atoms with Gasteiger partial charge in [0.15, 0.2) is 0 Å². The van der Waals surface area contributed by atoms with Gasteiger partial charge >= 0.3 is 0 Å². The molecule has 0 radical (unpaired) electrons. The van der Waals surface area contributed by atoms with Crippen molar-refractivity contribution in [2.45, 2.75) is 53.4 Å². The molecule has 0 unspecified atom stereocenters. The van der Waals surface area contributed by atoms with Crippen LogP contribution in [0, 0.1) is 11.3 Å². The summed E-state index contributed by atoms with van der Waals surface area (Å²) in [7, 11) is 0. The standard InChI is InChI=1S/C15H32N2/c1-14(2)6-5-9-16-10-13-17-11-7-15(3,4)8-12-17/h14,16H,5-13H2,1-4H3. The molecule has 1 saturated heterocycles. The first kappa shape index (κ1) is 15.0. The van der Waals surface area contributed by atoms with Crippen LogP contribution in [0.25, 0.3) is 0 Å². The fourth-order valence-corrected chi connectivity index (χ4v) is 2.38. The van der Waals surface area contributed by atoms with Crippen LogP contribution in [0.3, 0.4) is 0 Å². The van der Waals surface area contributed by atoms with Crippen LogP contribution in [0.2, 0.25) is 0 Å². The minimum atomic E-state index is 0.585. The van der Waals surface area contributed by atoms with Gasteiger partial charge in [0, 0.05) is 13.1 Å². The first-order valence-corrected chi connectivity index (χ1v) is 7.43. The molecule has 1 aliphatic heterocycles. The normalized spacial score (nSPS) is 21.0. The number of piperidine rings is 1. The van der Waals surface area contributed by atoms with Gasteiger partial charge < -0.3 is 10.2 Å². The second-order valence-electron chi connectivity index (χ2n) is 6.79. The fourth-order valence-electron chi connectivity index (χ4n) is 2.38. The molecule has 1 aliphatic rings. The van der Waals surface area contributed by atoms with E-state index < -0.39 is 0 Å². The minimum absolute atomic E-state index is 0.585. The third kappa shape index (κ3) is 7.05. The molecule has 0 atom stereocenters. The first-order chi connectivity index (χ1) is 7.99. The molecule has 0 aliphatic carbocycles. The molecule has 0 aromatic carbocycles. The molecular weight excluding hydrogens is 208 g/mol. The van der Waals surface area contributed by atoms with Crippen molar-refractivity contribution < 1.29 is 0 Å². The lowest BCUT2D eigenvalue weighted by atomic mass is 9.83. The van der Waals surface area contributed by atoms with Gasteiger partial charge in [0.05, 0.1) is 0 Å². The van der Waals surface area contributed by atoms with Gasteiger partial charge in [-0.05, 0) is 56.7 Å². The topological polar surface area (TPSA) is 15.3 Å². The fraction of sp³-hybridized carbons (Fsp3) is 1.00. The predicted octanol–water partition coefficient (Wildman–Crippen LogP) is 3.13. The molecule has 1 rings (SSSR count). The summed E-state index contributed by atoms with van der Waals surface area (Å²) < 4.78 is 0. The number of nitrogens with one attached hydrogen (secondary N) is 1. The van der Waals surface area contributed by atoms with Crippen molar-refractivity contribution >= 4 is 0 Å². The molecule has 0 amide bonds. The van der Waals surface area contributed by atoms with Crippen LogP contribution in [-0.4, -0.2) is 37.6 Å². The zero-order chi connectivity index (χ0) is 12.7. The molecule has 1 heterocycles. The third-order valence-electron chi connectivity index (χ3n) is 3.95. The van der Waals surface area contributed by atoms with Crippen LogP contribution in [0.4, 0.5) is 0 Å². The summed E-state index contributed by atoms with van der Waals surface area (Å²) >= 11 is 0. The van der Waals surface area contributed by atoms with E-state index in [4.69, 9.17) is 0 Å². The van der Waals surface area contributed by atoms with Crippen LogP contribution in [0.5, 0.6) is 0 Å². The Labute approximate surface area is 108 Å². The van der Waals surface area contributed by atoms with Crippen LogP contribution in [0.15, 0.2) is 0 Å². The maximum Gasteiger partial charge on any atom is 0.0107 e. The van der Waals surface area contributed by atoms with Crippen LogP contribution >= 0.6 is 0 Å². The summed E-state index contributed by atoms with van der Waals surface area (Å²) in [5.74, 6) is 0.848. The molecule has 1 fully saturated rings. The van der Waals surface area contributed by atoms with E-state index in [9.17, 15) is 0 Å². The lowest BCUT2D eigenvalue weighted by Crippen LogP contribution is -2.40. The Morgan fingerprint density at radius 3 is 2.35 bits per heavy atom. The number of hydrogen-bond acceptors (Lipinski definition) is 2. The highest BCUT2D eigenvalue weighted by molar-refractivity contribution is 4.78. The van der Waals surface area contributed by atoms with Gasteiger partial charge in [-0.1, -0.05) is 27.7 Å². The van der Waals surface area contributed by atoms with Gasteiger partial charge in [0.2, 0.25) is 0 Å². The molecule has 2 heteroatoms. The Kier molecular flexibility index (Phi) is 6.50. The summed E-state index contributed by atoms with van der Waals surface area (Å²) in [6, 6.07) is 0. The maximum atomic E-state index is 3.57. The van der Waals surface area contributed by atoms with E-state index in [2.05, 4.69) is 37.9 Å². The van der Waals surface area contributed by atoms with E-state index in [0.717, 1.165) is 5.92 Å². The van der Waals surface area contributed by atoms with Crippen molar-refractivity contribution in [1.29, 1.82) is 0 Å². The Morgan fingerprint density at radius 1 is 1.12 bits per heavy atom. The smallest absolute Gasteiger partial charge is 0.0107 e. The van der Waals surface area contributed by atoms with E-state index in [1.54, 1.807) is 0 Å². The van der Waals surface area contributed by atoms with E-state index >= 15 is 0 Å². The lowest BCUT2D eigenvalue weighted by Gasteiger charge is -2.36. The minimum Gasteiger partial charge on any atom is -0.315 e. The zero-order valence-corrected chi connectivity index (χ0v) is 12.4. The van der Waals surface area contributed by atoms with Crippen LogP contribution in [-0.2, 0) is 0 Å². The molecule has 2 nitrogen and oxygen atoms in total. The molecule has 0 spiro atoms. The molecule has 0 aromatic heterocycles. The number of rotatable bonds is 7. The summed E-state index contributed by atoms with van der Waals surface area (Å²) in [5.41, 5.74) is 0.585. The van der Waals surface area contributed by atoms with Gasteiger partial charge in [-0.25, -0.2) is 0 Å². The van der Waals surface area contributed by atoms with E-state index in [1.165, 1.54) is 58.4 Å². The highest BCUT2D eigenvalue weighted by Crippen LogP contribution is 2.29. The summed E-state index contributed by atoms with van der Waals surface area (Å²) in [4.78, 5) is 2.61. The van der Waals surface area contributed by atoms with Crippen LogP contribution < -0.4 is 5.32 Å². The summed E-state index contributed by atoms with van der Waals surface area (Å²) in [6.07, 6.45) is 5.40. The van der Waals surface area contributed by atoms with Crippen molar-refractivity contribution in [2.24, 2.45) is 11.3 Å². The quantitative estimate of drug-likeness (QED) is 0.688. The van der Waals surface area contributed by atoms with Gasteiger partial charge in [-0.3, -0.25) is 0 Å². The molecular formula is C15H32N2. The second-order valence-corrected chi connectivity index (χ2v) is 6.79. The SMILES string of the molecule is CC(C)CCCNCCN1CCC(C)(C)CC1. The molecule has 0 aromatic rings. The lowest BCUT2D eigenvalue weighted by molar-refractivity contribution is 0.133. The Morgan fingerprint density at radius 2 is 1.76 bits per heavy atom. The molecule has 1 N–H and O–H groups in total. The van der Waals surface area contributed by atoms with Crippen molar-refractivity contribution in [2.75, 3.05) is 32.7 Å². The van der Waals surface area contributed by atoms with Crippen molar-refractivity contribution in [3.05, 3.63) is 0 Å². The van der Waals surface area contributed by atoms with Crippen LogP contribution in [0.1, 0.15) is 53.4 Å². The molecule has 0 bridgehead atoms. The highest BCUT2D eigenvalue weighted by atomic mass is 15.1. The van der Waals surface area contributed by atoms with E-state index in [0.29, 0.717) is 5.41 Å². The summed E-state index contributed by atoms with van der Waals surface area (Å²) in [5, 5.41) is 3.57. The third-order valence-corrected chi connectivity index (χ3v) is 3.95. The largest absolute Gasteiger partial charge is 0.315 e. The number of nitrogens with zero attached hydrogens (tertiary/aromatic N) is 1. The monoisotopic (exact) mass is 240 g/mol. The van der Waals surface area contributed by atoms with Gasteiger partial charge in [0.25, 0.3) is 0 Å². The van der Waals surface area contributed by atoms with Crippen molar-refractivity contribution in [3.63, 3.8) is 0 Å². The Balaban J connectivity index is 1.94. The van der Waals surface area contributed by atoms with Crippen molar-refractivity contribution in [1.82, 2.24) is 10.2 Å². The second kappa shape index (κ2) is 7.38. The zero-order valence-electron chi connectivity index (χ0n) is 12.4. The Bertz CT molecular complexity index is 189. The summed E-state index contributed by atoms with van der Waals surface area (Å²) in [6.45, 7) is 15.6. The van der Waals surface area contributed by atoms with Gasteiger partial charge in [0.1, 0.15) is 0 Å². The average Bonchev–Trinajstić information content (AvgIpc) is 2.25. The van der Waals surface area contributed by atoms with Crippen molar-refractivity contribution in [3.8, 4) is 0 Å². The average molecular weight is 240 g/mol. The predicted molar refractivity (Wildman–Crippen MR) is 76.4 cm³/mol. The number of hydrogen-bond donors (Lipinski definition) is 1. The van der Waals surface area contributed by atoms with Gasteiger partial charge in [-0.2, -0.15) is 0 Å². The maximum absolute atomic E-state index is 3.57. The molecule has 0 saturated carbocycles. The molecule has 17 heavy (non-hydrogen) atoms. The van der Waals surface area contributed by atoms with Gasteiger partial charge in [-0.15, -0.1) is 0 Å². The first-order valence-electron chi connectivity index (χ1n) is 7.43.